The van der Waals surface area contributed by atoms with Crippen LogP contribution in [0, 0.1) is 0 Å². The van der Waals surface area contributed by atoms with E-state index < -0.39 is 0 Å². The highest BCUT2D eigenvalue weighted by molar-refractivity contribution is 5.74. The molecule has 0 aliphatic heterocycles. The number of nitrogens with one attached hydrogen (secondary N) is 1. The van der Waals surface area contributed by atoms with E-state index in [4.69, 9.17) is 0 Å². The van der Waals surface area contributed by atoms with Crippen molar-refractivity contribution in [2.75, 3.05) is 6.54 Å². The first-order chi connectivity index (χ1) is 9.85. The van der Waals surface area contributed by atoms with Gasteiger partial charge in [0.15, 0.2) is 0 Å². The van der Waals surface area contributed by atoms with Gasteiger partial charge in [-0.15, -0.1) is 0 Å². The Kier molecular flexibility index (Phi) is 6.06. The van der Waals surface area contributed by atoms with Crippen molar-refractivity contribution in [1.29, 1.82) is 0 Å². The fourth-order valence-electron chi connectivity index (χ4n) is 2.65. The maximum absolute atomic E-state index is 4.43. The van der Waals surface area contributed by atoms with E-state index in [1.807, 2.05) is 12.4 Å². The molecule has 3 nitrogen and oxygen atoms in total. The molecule has 0 saturated heterocycles. The van der Waals surface area contributed by atoms with Crippen molar-refractivity contribution in [3.63, 3.8) is 0 Å². The number of imidazole rings is 1. The lowest BCUT2D eigenvalue weighted by Gasteiger charge is -2.16. The second kappa shape index (κ2) is 8.05. The molecule has 1 atom stereocenters. The van der Waals surface area contributed by atoms with E-state index in [0.717, 1.165) is 25.0 Å². The van der Waals surface area contributed by atoms with E-state index in [0.29, 0.717) is 6.04 Å². The maximum Gasteiger partial charge on any atom is 0.0958 e. The van der Waals surface area contributed by atoms with Crippen molar-refractivity contribution >= 4 is 11.0 Å². The molecule has 1 aromatic heterocycles. The first-order valence-electron chi connectivity index (χ1n) is 7.98. The molecule has 1 N–H and O–H groups in total. The molecule has 0 aliphatic rings. The van der Waals surface area contributed by atoms with Crippen LogP contribution in [0.4, 0.5) is 0 Å². The number of aromatic nitrogens is 2. The summed E-state index contributed by atoms with van der Waals surface area (Å²) in [5.41, 5.74) is 2.33. The van der Waals surface area contributed by atoms with Crippen molar-refractivity contribution in [3.8, 4) is 0 Å². The van der Waals surface area contributed by atoms with Crippen LogP contribution in [0.5, 0.6) is 0 Å². The maximum atomic E-state index is 4.43. The second-order valence-corrected chi connectivity index (χ2v) is 5.48. The number of unbranched alkanes of at least 4 members (excludes halogenated alkanes) is 1. The third-order valence-electron chi connectivity index (χ3n) is 3.94. The van der Waals surface area contributed by atoms with Gasteiger partial charge in [0.05, 0.1) is 17.4 Å². The number of fused-ring (bicyclic) bond motifs is 1. The quantitative estimate of drug-likeness (QED) is 0.700. The summed E-state index contributed by atoms with van der Waals surface area (Å²) < 4.78 is 2.25. The molecule has 0 fully saturated rings. The number of aryl methyl sites for hydroxylation is 1. The smallest absolute Gasteiger partial charge is 0.0958 e. The summed E-state index contributed by atoms with van der Waals surface area (Å²) in [6.07, 6.45) is 8.27. The highest BCUT2D eigenvalue weighted by Crippen LogP contribution is 2.12. The molecule has 0 radical (unpaired) electrons. The summed E-state index contributed by atoms with van der Waals surface area (Å²) in [7, 11) is 0. The Balaban J connectivity index is 1.75. The molecule has 2 rings (SSSR count). The van der Waals surface area contributed by atoms with Gasteiger partial charge in [0, 0.05) is 12.6 Å². The molecule has 3 heteroatoms. The highest BCUT2D eigenvalue weighted by atomic mass is 15.0. The van der Waals surface area contributed by atoms with Gasteiger partial charge < -0.3 is 9.88 Å². The molecule has 0 bridgehead atoms. The Hall–Kier alpha value is -1.35. The van der Waals surface area contributed by atoms with Gasteiger partial charge in [0.2, 0.25) is 0 Å². The zero-order valence-corrected chi connectivity index (χ0v) is 12.8. The zero-order valence-electron chi connectivity index (χ0n) is 12.8. The average molecular weight is 273 g/mol. The van der Waals surface area contributed by atoms with Crippen LogP contribution < -0.4 is 5.32 Å². The van der Waals surface area contributed by atoms with Crippen molar-refractivity contribution < 1.29 is 0 Å². The number of para-hydroxylation sites is 2. The Morgan fingerprint density at radius 2 is 2.05 bits per heavy atom. The first kappa shape index (κ1) is 15.0. The van der Waals surface area contributed by atoms with Gasteiger partial charge in [0.25, 0.3) is 0 Å². The number of hydrogen-bond acceptors (Lipinski definition) is 2. The molecule has 1 heterocycles. The number of hydrogen-bond donors (Lipinski definition) is 1. The Bertz CT molecular complexity index is 504. The zero-order chi connectivity index (χ0) is 14.2. The Morgan fingerprint density at radius 3 is 2.85 bits per heavy atom. The van der Waals surface area contributed by atoms with Gasteiger partial charge in [-0.3, -0.25) is 0 Å². The summed E-state index contributed by atoms with van der Waals surface area (Å²) in [5.74, 6) is 0. The normalized spacial score (nSPS) is 12.9. The number of rotatable bonds is 9. The van der Waals surface area contributed by atoms with Gasteiger partial charge in [-0.25, -0.2) is 4.98 Å². The van der Waals surface area contributed by atoms with Gasteiger partial charge in [-0.1, -0.05) is 38.8 Å². The lowest BCUT2D eigenvalue weighted by Crippen LogP contribution is -2.29. The minimum atomic E-state index is 0.689. The van der Waals surface area contributed by atoms with E-state index in [1.54, 1.807) is 0 Å². The average Bonchev–Trinajstić information content (AvgIpc) is 2.90. The van der Waals surface area contributed by atoms with Gasteiger partial charge >= 0.3 is 0 Å². The topological polar surface area (TPSA) is 29.9 Å². The number of benzene rings is 1. The van der Waals surface area contributed by atoms with Crippen LogP contribution in [0.2, 0.25) is 0 Å². The largest absolute Gasteiger partial charge is 0.331 e. The fraction of sp³-hybridized carbons (Fsp3) is 0.588. The first-order valence-corrected chi connectivity index (χ1v) is 7.98. The highest BCUT2D eigenvalue weighted by Gasteiger charge is 2.05. The third-order valence-corrected chi connectivity index (χ3v) is 3.94. The van der Waals surface area contributed by atoms with Gasteiger partial charge in [-0.2, -0.15) is 0 Å². The fourth-order valence-corrected chi connectivity index (χ4v) is 2.65. The van der Waals surface area contributed by atoms with Crippen LogP contribution in [-0.2, 0) is 6.54 Å². The monoisotopic (exact) mass is 273 g/mol. The minimum Gasteiger partial charge on any atom is -0.331 e. The minimum absolute atomic E-state index is 0.689. The summed E-state index contributed by atoms with van der Waals surface area (Å²) in [5, 5.41) is 3.68. The molecule has 0 saturated carbocycles. The predicted molar refractivity (Wildman–Crippen MR) is 86.0 cm³/mol. The summed E-state index contributed by atoms with van der Waals surface area (Å²) >= 11 is 0. The second-order valence-electron chi connectivity index (χ2n) is 5.48. The third kappa shape index (κ3) is 4.07. The molecular formula is C17H27N3. The lowest BCUT2D eigenvalue weighted by molar-refractivity contribution is 0.441. The summed E-state index contributed by atoms with van der Waals surface area (Å²) in [6.45, 7) is 6.67. The van der Waals surface area contributed by atoms with Crippen molar-refractivity contribution in [2.45, 2.75) is 58.5 Å². The lowest BCUT2D eigenvalue weighted by atomic mass is 10.1. The summed E-state index contributed by atoms with van der Waals surface area (Å²) in [4.78, 5) is 4.43. The number of nitrogens with zero attached hydrogens (tertiary/aromatic N) is 2. The van der Waals surface area contributed by atoms with Crippen molar-refractivity contribution in [2.24, 2.45) is 0 Å². The molecule has 2 aromatic rings. The van der Waals surface area contributed by atoms with Crippen molar-refractivity contribution in [3.05, 3.63) is 30.6 Å². The van der Waals surface area contributed by atoms with Crippen LogP contribution in [-0.4, -0.2) is 22.1 Å². The van der Waals surface area contributed by atoms with E-state index >= 15 is 0 Å². The van der Waals surface area contributed by atoms with Crippen LogP contribution in [0.1, 0.15) is 46.0 Å². The summed E-state index contributed by atoms with van der Waals surface area (Å²) in [6, 6.07) is 9.03. The van der Waals surface area contributed by atoms with Gasteiger partial charge in [-0.05, 0) is 37.9 Å². The standard InChI is InChI=1S/C17H27N3/c1-3-5-9-15(4-2)18-12-8-13-20-14-19-16-10-6-7-11-17(16)20/h6-7,10-11,14-15,18H,3-5,8-9,12-13H2,1-2H3. The molecule has 0 spiro atoms. The molecule has 1 unspecified atom stereocenters. The van der Waals surface area contributed by atoms with Crippen molar-refractivity contribution in [1.82, 2.24) is 14.9 Å². The predicted octanol–water partition coefficient (Wildman–Crippen LogP) is 3.98. The van der Waals surface area contributed by atoms with E-state index in [1.165, 1.54) is 31.2 Å². The molecule has 1 aromatic carbocycles. The van der Waals surface area contributed by atoms with E-state index in [-0.39, 0.29) is 0 Å². The van der Waals surface area contributed by atoms with Crippen LogP contribution in [0.15, 0.2) is 30.6 Å². The molecule has 0 amide bonds. The SMILES string of the molecule is CCCCC(CC)NCCCn1cnc2ccccc21. The van der Waals surface area contributed by atoms with Crippen LogP contribution in [0.3, 0.4) is 0 Å². The van der Waals surface area contributed by atoms with E-state index in [2.05, 4.69) is 46.9 Å². The Labute approximate surface area is 122 Å². The van der Waals surface area contributed by atoms with E-state index in [9.17, 15) is 0 Å². The molecule has 20 heavy (non-hydrogen) atoms. The molecular weight excluding hydrogens is 246 g/mol. The van der Waals surface area contributed by atoms with Gasteiger partial charge in [0.1, 0.15) is 0 Å². The van der Waals surface area contributed by atoms with Crippen LogP contribution >= 0.6 is 0 Å². The molecule has 0 aliphatic carbocycles. The molecule has 110 valence electrons. The Morgan fingerprint density at radius 1 is 1.20 bits per heavy atom. The van der Waals surface area contributed by atoms with Crippen LogP contribution in [0.25, 0.3) is 11.0 Å².